The van der Waals surface area contributed by atoms with Crippen molar-refractivity contribution in [2.24, 2.45) is 11.8 Å². The summed E-state index contributed by atoms with van der Waals surface area (Å²) in [4.78, 5) is 5.11. The van der Waals surface area contributed by atoms with Gasteiger partial charge in [-0.05, 0) is 41.0 Å². The SMILES string of the molecule is CC1CCC(C(C)(C)c2cncc3ccccc23)C(Br)C1. The molecule has 0 radical (unpaired) electrons. The molecule has 1 aromatic carbocycles. The van der Waals surface area contributed by atoms with Crippen LogP contribution < -0.4 is 0 Å². The van der Waals surface area contributed by atoms with Gasteiger partial charge in [0.15, 0.2) is 0 Å². The molecule has 3 rings (SSSR count). The predicted molar refractivity (Wildman–Crippen MR) is 94.0 cm³/mol. The fourth-order valence-corrected chi connectivity index (χ4v) is 5.52. The van der Waals surface area contributed by atoms with Gasteiger partial charge in [-0.2, -0.15) is 0 Å². The van der Waals surface area contributed by atoms with Gasteiger partial charge in [-0.1, -0.05) is 67.4 Å². The molecule has 1 aliphatic rings. The van der Waals surface area contributed by atoms with Gasteiger partial charge in [0.25, 0.3) is 0 Å². The lowest BCUT2D eigenvalue weighted by atomic mass is 9.65. The second-order valence-electron chi connectivity index (χ2n) is 7.17. The van der Waals surface area contributed by atoms with Gasteiger partial charge in [-0.25, -0.2) is 0 Å². The summed E-state index contributed by atoms with van der Waals surface area (Å²) in [5.74, 6) is 1.51. The van der Waals surface area contributed by atoms with Crippen molar-refractivity contribution in [3.63, 3.8) is 0 Å². The van der Waals surface area contributed by atoms with Crippen molar-refractivity contribution < 1.29 is 0 Å². The van der Waals surface area contributed by atoms with Gasteiger partial charge < -0.3 is 0 Å². The minimum absolute atomic E-state index is 0.141. The van der Waals surface area contributed by atoms with Crippen LogP contribution in [0.15, 0.2) is 36.7 Å². The molecular formula is C19H24BrN. The molecule has 3 atom stereocenters. The highest BCUT2D eigenvalue weighted by Gasteiger charge is 2.39. The van der Waals surface area contributed by atoms with Gasteiger partial charge in [-0.3, -0.25) is 4.98 Å². The van der Waals surface area contributed by atoms with E-state index in [2.05, 4.69) is 72.1 Å². The Morgan fingerprint density at radius 3 is 2.67 bits per heavy atom. The maximum Gasteiger partial charge on any atom is 0.0346 e. The number of halogens is 1. The van der Waals surface area contributed by atoms with Crippen LogP contribution in [0.3, 0.4) is 0 Å². The first-order chi connectivity index (χ1) is 10.00. The molecule has 3 unspecified atom stereocenters. The quantitative estimate of drug-likeness (QED) is 0.635. The lowest BCUT2D eigenvalue weighted by molar-refractivity contribution is 0.215. The van der Waals surface area contributed by atoms with Crippen molar-refractivity contribution >= 4 is 26.7 Å². The molecule has 2 heteroatoms. The Balaban J connectivity index is 2.04. The van der Waals surface area contributed by atoms with Crippen molar-refractivity contribution in [1.29, 1.82) is 0 Å². The van der Waals surface area contributed by atoms with Gasteiger partial charge in [-0.15, -0.1) is 0 Å². The maximum atomic E-state index is 4.50. The van der Waals surface area contributed by atoms with Crippen molar-refractivity contribution in [1.82, 2.24) is 4.98 Å². The monoisotopic (exact) mass is 345 g/mol. The predicted octanol–water partition coefficient (Wildman–Crippen LogP) is 5.71. The van der Waals surface area contributed by atoms with Crippen LogP contribution in [0.1, 0.15) is 45.6 Å². The van der Waals surface area contributed by atoms with Crippen LogP contribution in [0.5, 0.6) is 0 Å². The molecule has 0 N–H and O–H groups in total. The second-order valence-corrected chi connectivity index (χ2v) is 8.35. The first-order valence-electron chi connectivity index (χ1n) is 7.97. The molecule has 0 spiro atoms. The summed E-state index contributed by atoms with van der Waals surface area (Å²) >= 11 is 3.97. The Bertz CT molecular complexity index is 629. The second kappa shape index (κ2) is 5.72. The number of aromatic nitrogens is 1. The van der Waals surface area contributed by atoms with E-state index in [1.165, 1.54) is 35.6 Å². The zero-order valence-electron chi connectivity index (χ0n) is 13.1. The van der Waals surface area contributed by atoms with Crippen molar-refractivity contribution in [2.75, 3.05) is 0 Å². The zero-order valence-corrected chi connectivity index (χ0v) is 14.7. The molecule has 0 bridgehead atoms. The summed E-state index contributed by atoms with van der Waals surface area (Å²) in [6.07, 6.45) is 7.98. The molecule has 2 aromatic rings. The Kier molecular flexibility index (Phi) is 4.09. The van der Waals surface area contributed by atoms with Gasteiger partial charge in [0.05, 0.1) is 0 Å². The Morgan fingerprint density at radius 2 is 1.90 bits per heavy atom. The number of nitrogens with zero attached hydrogens (tertiary/aromatic N) is 1. The van der Waals surface area contributed by atoms with Crippen molar-refractivity contribution in [3.8, 4) is 0 Å². The highest BCUT2D eigenvalue weighted by Crippen LogP contribution is 2.46. The van der Waals surface area contributed by atoms with Crippen LogP contribution in [0.4, 0.5) is 0 Å². The average molecular weight is 346 g/mol. The summed E-state index contributed by atoms with van der Waals surface area (Å²) < 4.78 is 0. The van der Waals surface area contributed by atoms with Gasteiger partial charge in [0, 0.05) is 22.6 Å². The van der Waals surface area contributed by atoms with E-state index in [9.17, 15) is 0 Å². The molecule has 1 fully saturated rings. The summed E-state index contributed by atoms with van der Waals surface area (Å²) in [6.45, 7) is 7.16. The highest BCUT2D eigenvalue weighted by molar-refractivity contribution is 9.09. The number of alkyl halides is 1. The van der Waals surface area contributed by atoms with Crippen LogP contribution in [-0.4, -0.2) is 9.81 Å². The van der Waals surface area contributed by atoms with E-state index < -0.39 is 0 Å². The Morgan fingerprint density at radius 1 is 1.14 bits per heavy atom. The van der Waals surface area contributed by atoms with Crippen molar-refractivity contribution in [3.05, 3.63) is 42.2 Å². The number of rotatable bonds is 2. The van der Waals surface area contributed by atoms with Crippen LogP contribution in [-0.2, 0) is 5.41 Å². The van der Waals surface area contributed by atoms with Gasteiger partial charge in [0.2, 0.25) is 0 Å². The van der Waals surface area contributed by atoms with Crippen LogP contribution in [0.25, 0.3) is 10.8 Å². The van der Waals surface area contributed by atoms with E-state index >= 15 is 0 Å². The van der Waals surface area contributed by atoms with E-state index in [0.29, 0.717) is 10.7 Å². The van der Waals surface area contributed by atoms with Crippen LogP contribution >= 0.6 is 15.9 Å². The summed E-state index contributed by atoms with van der Waals surface area (Å²) in [7, 11) is 0. The number of hydrogen-bond donors (Lipinski definition) is 0. The van der Waals surface area contributed by atoms with E-state index in [4.69, 9.17) is 0 Å². The minimum Gasteiger partial charge on any atom is -0.264 e. The fourth-order valence-electron chi connectivity index (χ4n) is 3.95. The number of hydrogen-bond acceptors (Lipinski definition) is 1. The third-order valence-electron chi connectivity index (χ3n) is 5.32. The summed E-state index contributed by atoms with van der Waals surface area (Å²) in [5.41, 5.74) is 1.53. The van der Waals surface area contributed by atoms with E-state index in [0.717, 1.165) is 5.92 Å². The molecular weight excluding hydrogens is 322 g/mol. The number of fused-ring (bicyclic) bond motifs is 1. The largest absolute Gasteiger partial charge is 0.264 e. The standard InChI is InChI=1S/C19H24BrN/c1-13-8-9-16(18(20)10-13)19(2,3)17-12-21-11-14-6-4-5-7-15(14)17/h4-7,11-13,16,18H,8-10H2,1-3H3. The lowest BCUT2D eigenvalue weighted by Crippen LogP contribution is -2.38. The van der Waals surface area contributed by atoms with Crippen LogP contribution in [0, 0.1) is 11.8 Å². The molecule has 1 aromatic heterocycles. The lowest BCUT2D eigenvalue weighted by Gasteiger charge is -2.42. The summed E-state index contributed by atoms with van der Waals surface area (Å²) in [5, 5.41) is 2.61. The van der Waals surface area contributed by atoms with Gasteiger partial charge in [0.1, 0.15) is 0 Å². The average Bonchev–Trinajstić information content (AvgIpc) is 2.46. The van der Waals surface area contributed by atoms with Gasteiger partial charge >= 0.3 is 0 Å². The topological polar surface area (TPSA) is 12.9 Å². The maximum absolute atomic E-state index is 4.50. The third-order valence-corrected chi connectivity index (χ3v) is 6.34. The fraction of sp³-hybridized carbons (Fsp3) is 0.526. The Labute approximate surface area is 136 Å². The molecule has 112 valence electrons. The normalized spacial score (nSPS) is 27.0. The third kappa shape index (κ3) is 2.75. The highest BCUT2D eigenvalue weighted by atomic mass is 79.9. The smallest absolute Gasteiger partial charge is 0.0346 e. The van der Waals surface area contributed by atoms with E-state index in [-0.39, 0.29) is 5.41 Å². The molecule has 0 amide bonds. The molecule has 0 aliphatic heterocycles. The number of pyridine rings is 1. The minimum atomic E-state index is 0.141. The Hall–Kier alpha value is -0.890. The molecule has 0 saturated heterocycles. The molecule has 21 heavy (non-hydrogen) atoms. The molecule has 1 heterocycles. The molecule has 1 aliphatic carbocycles. The van der Waals surface area contributed by atoms with E-state index in [1.807, 2.05) is 6.20 Å². The molecule has 1 nitrogen and oxygen atoms in total. The summed E-state index contributed by atoms with van der Waals surface area (Å²) in [6, 6.07) is 8.63. The zero-order chi connectivity index (χ0) is 15.0. The number of benzene rings is 1. The first kappa shape index (κ1) is 15.0. The van der Waals surface area contributed by atoms with Crippen LogP contribution in [0.2, 0.25) is 0 Å². The first-order valence-corrected chi connectivity index (χ1v) is 8.89. The van der Waals surface area contributed by atoms with E-state index in [1.54, 1.807) is 0 Å². The molecule has 1 saturated carbocycles. The van der Waals surface area contributed by atoms with Crippen molar-refractivity contribution in [2.45, 2.75) is 50.3 Å².